The van der Waals surface area contributed by atoms with Crippen LogP contribution in [0.25, 0.3) is 11.0 Å². The van der Waals surface area contributed by atoms with Crippen LogP contribution in [0.1, 0.15) is 47.7 Å². The van der Waals surface area contributed by atoms with Gasteiger partial charge in [0.05, 0.1) is 5.52 Å². The first-order chi connectivity index (χ1) is 17.8. The van der Waals surface area contributed by atoms with E-state index in [2.05, 4.69) is 10.3 Å². The molecule has 0 radical (unpaired) electrons. The van der Waals surface area contributed by atoms with Crippen LogP contribution in [0.15, 0.2) is 41.3 Å². The number of nitrogens with one attached hydrogen (secondary N) is 1. The second-order valence-electron chi connectivity index (χ2n) is 8.72. The Balaban J connectivity index is 2.06. The van der Waals surface area contributed by atoms with Crippen molar-refractivity contribution in [2.45, 2.75) is 39.2 Å². The van der Waals surface area contributed by atoms with Crippen LogP contribution in [-0.4, -0.2) is 62.8 Å². The number of halogens is 1. The van der Waals surface area contributed by atoms with Gasteiger partial charge in [0.1, 0.15) is 16.9 Å². The number of carbonyl (C=O) groups excluding carboxylic acids is 1. The number of nitrogens with two attached hydrogens (primary N) is 1. The normalized spacial score (nSPS) is 11.0. The number of carbonyl (C=O) groups is 2. The predicted molar refractivity (Wildman–Crippen MR) is 137 cm³/mol. The Bertz CT molecular complexity index is 1310. The topological polar surface area (TPSA) is 151 Å². The predicted octanol–water partition coefficient (Wildman–Crippen LogP) is 2.69. The van der Waals surface area contributed by atoms with Crippen LogP contribution in [-0.2, 0) is 13.0 Å². The molecular weight excluding hydrogens is 481 g/mol. The third-order valence-electron chi connectivity index (χ3n) is 5.97. The number of unbranched alkanes of at least 4 members (excludes halogenated alkanes) is 1. The maximum Gasteiger partial charge on any atom is 0.407 e. The molecule has 0 aliphatic heterocycles. The molecule has 0 unspecified atom stereocenters. The molecule has 0 spiro atoms. The molecule has 0 saturated heterocycles. The molecule has 3 aromatic rings. The van der Waals surface area contributed by atoms with E-state index >= 15 is 0 Å². The highest BCUT2D eigenvalue weighted by Gasteiger charge is 2.24. The van der Waals surface area contributed by atoms with Crippen LogP contribution in [0.2, 0.25) is 0 Å². The summed E-state index contributed by atoms with van der Waals surface area (Å²) < 4.78 is 14.6. The second kappa shape index (κ2) is 12.8. The number of benzene rings is 1. The summed E-state index contributed by atoms with van der Waals surface area (Å²) in [6.45, 7) is 2.78. The molecule has 5 N–H and O–H groups in total. The molecule has 11 heteroatoms. The molecule has 0 atom stereocenters. The fraction of sp³-hybridized carbons (Fsp3) is 0.385. The Hall–Kier alpha value is -3.99. The molecule has 0 bridgehead atoms. The zero-order valence-electron chi connectivity index (χ0n) is 20.7. The van der Waals surface area contributed by atoms with E-state index in [-0.39, 0.29) is 36.5 Å². The van der Waals surface area contributed by atoms with Gasteiger partial charge in [0.2, 0.25) is 0 Å². The summed E-state index contributed by atoms with van der Waals surface area (Å²) in [5.41, 5.74) is 6.14. The lowest BCUT2D eigenvalue weighted by atomic mass is 10.1. The molecular formula is C26H32FN5O5. The number of pyridine rings is 2. The highest BCUT2D eigenvalue weighted by molar-refractivity contribution is 6.01. The molecule has 0 aliphatic rings. The zero-order valence-corrected chi connectivity index (χ0v) is 20.7. The smallest absolute Gasteiger partial charge is 0.407 e. The van der Waals surface area contributed by atoms with E-state index in [9.17, 15) is 29.0 Å². The highest BCUT2D eigenvalue weighted by atomic mass is 19.1. The zero-order chi connectivity index (χ0) is 26.9. The maximum atomic E-state index is 13.4. The van der Waals surface area contributed by atoms with Crippen molar-refractivity contribution in [3.63, 3.8) is 0 Å². The number of hydrogen-bond acceptors (Lipinski definition) is 6. The minimum atomic E-state index is -1.14. The van der Waals surface area contributed by atoms with Gasteiger partial charge in [0, 0.05) is 32.4 Å². The van der Waals surface area contributed by atoms with E-state index in [4.69, 9.17) is 5.73 Å². The van der Waals surface area contributed by atoms with Gasteiger partial charge in [-0.1, -0.05) is 19.1 Å². The van der Waals surface area contributed by atoms with E-state index in [0.29, 0.717) is 44.3 Å². The first-order valence-corrected chi connectivity index (χ1v) is 12.2. The third-order valence-corrected chi connectivity index (χ3v) is 5.97. The average Bonchev–Trinajstić information content (AvgIpc) is 2.87. The van der Waals surface area contributed by atoms with Crippen LogP contribution in [0, 0.1) is 5.82 Å². The van der Waals surface area contributed by atoms with Crippen molar-refractivity contribution in [1.29, 1.82) is 0 Å². The Morgan fingerprint density at radius 1 is 1.16 bits per heavy atom. The summed E-state index contributed by atoms with van der Waals surface area (Å²) in [6, 6.07) is 7.63. The monoisotopic (exact) mass is 513 g/mol. The molecule has 198 valence electrons. The summed E-state index contributed by atoms with van der Waals surface area (Å²) in [5.74, 6) is -1.62. The largest absolute Gasteiger partial charge is 0.505 e. The summed E-state index contributed by atoms with van der Waals surface area (Å²) in [7, 11) is 0. The third kappa shape index (κ3) is 6.82. The summed E-state index contributed by atoms with van der Waals surface area (Å²) in [5, 5.41) is 23.1. The molecule has 2 heterocycles. The van der Waals surface area contributed by atoms with Gasteiger partial charge in [-0.25, -0.2) is 9.18 Å². The summed E-state index contributed by atoms with van der Waals surface area (Å²) >= 11 is 0. The van der Waals surface area contributed by atoms with E-state index in [1.807, 2.05) is 6.92 Å². The standard InChI is InChI=1S/C26H32FN5O5/c1-2-10-29-24(34)21-23(33)22-20(15-18(16-30-22)14-17-5-7-19(27)8-6-17)32(25(21)35)13-12-31(26(36)37)11-4-3-9-28/h5-8,15-16,33H,2-4,9-14,28H2,1H3,(H,29,34)(H,36,37). The van der Waals surface area contributed by atoms with Crippen LogP contribution >= 0.6 is 0 Å². The Morgan fingerprint density at radius 2 is 1.89 bits per heavy atom. The van der Waals surface area contributed by atoms with Crippen molar-refractivity contribution in [3.05, 3.63) is 69.4 Å². The molecule has 0 saturated carbocycles. The first-order valence-electron chi connectivity index (χ1n) is 12.2. The van der Waals surface area contributed by atoms with Gasteiger partial charge < -0.3 is 30.7 Å². The van der Waals surface area contributed by atoms with Gasteiger partial charge in [0.15, 0.2) is 5.75 Å². The lowest BCUT2D eigenvalue weighted by Gasteiger charge is -2.21. The minimum Gasteiger partial charge on any atom is -0.505 e. The van der Waals surface area contributed by atoms with Crippen molar-refractivity contribution in [2.24, 2.45) is 5.73 Å². The lowest BCUT2D eigenvalue weighted by molar-refractivity contribution is 0.0948. The van der Waals surface area contributed by atoms with Crippen molar-refractivity contribution in [2.75, 3.05) is 26.2 Å². The van der Waals surface area contributed by atoms with Crippen molar-refractivity contribution in [1.82, 2.24) is 19.8 Å². The minimum absolute atomic E-state index is 0.0160. The number of fused-ring (bicyclic) bond motifs is 1. The van der Waals surface area contributed by atoms with Crippen LogP contribution in [0.5, 0.6) is 5.75 Å². The number of nitrogens with zero attached hydrogens (tertiary/aromatic N) is 3. The van der Waals surface area contributed by atoms with E-state index < -0.39 is 28.9 Å². The van der Waals surface area contributed by atoms with Crippen molar-refractivity contribution in [3.8, 4) is 5.75 Å². The van der Waals surface area contributed by atoms with Crippen molar-refractivity contribution >= 4 is 23.0 Å². The number of hydrogen-bond donors (Lipinski definition) is 4. The Labute approximate surface area is 213 Å². The van der Waals surface area contributed by atoms with Crippen LogP contribution in [0.4, 0.5) is 9.18 Å². The molecule has 10 nitrogen and oxygen atoms in total. The molecule has 2 amide bonds. The molecule has 2 aromatic heterocycles. The Morgan fingerprint density at radius 3 is 2.54 bits per heavy atom. The fourth-order valence-electron chi connectivity index (χ4n) is 4.01. The number of carboxylic acid groups (broad SMARTS) is 1. The highest BCUT2D eigenvalue weighted by Crippen LogP contribution is 2.26. The SMILES string of the molecule is CCCNC(=O)c1c(O)c2ncc(Cc3ccc(F)cc3)cc2n(CCN(CCCCN)C(=O)O)c1=O. The quantitative estimate of drug-likeness (QED) is 0.272. The van der Waals surface area contributed by atoms with Crippen molar-refractivity contribution < 1.29 is 24.2 Å². The maximum absolute atomic E-state index is 13.4. The lowest BCUT2D eigenvalue weighted by Crippen LogP contribution is -2.38. The van der Waals surface area contributed by atoms with Gasteiger partial charge >= 0.3 is 6.09 Å². The first kappa shape index (κ1) is 27.6. The van der Waals surface area contributed by atoms with Crippen LogP contribution < -0.4 is 16.6 Å². The summed E-state index contributed by atoms with van der Waals surface area (Å²) in [6.07, 6.45) is 2.63. The molecule has 1 aromatic carbocycles. The molecule has 0 fully saturated rings. The van der Waals surface area contributed by atoms with Gasteiger partial charge in [-0.2, -0.15) is 0 Å². The number of aromatic nitrogens is 2. The average molecular weight is 514 g/mol. The number of amides is 2. The van der Waals surface area contributed by atoms with Gasteiger partial charge in [-0.05, 0) is 61.6 Å². The molecule has 3 rings (SSSR count). The van der Waals surface area contributed by atoms with Gasteiger partial charge in [0.25, 0.3) is 11.5 Å². The summed E-state index contributed by atoms with van der Waals surface area (Å²) in [4.78, 5) is 43.5. The van der Waals surface area contributed by atoms with Gasteiger partial charge in [-0.15, -0.1) is 0 Å². The number of rotatable bonds is 12. The fourth-order valence-corrected chi connectivity index (χ4v) is 4.01. The van der Waals surface area contributed by atoms with E-state index in [0.717, 1.165) is 5.56 Å². The van der Waals surface area contributed by atoms with Gasteiger partial charge in [-0.3, -0.25) is 14.6 Å². The van der Waals surface area contributed by atoms with Crippen LogP contribution in [0.3, 0.4) is 0 Å². The second-order valence-corrected chi connectivity index (χ2v) is 8.72. The Kier molecular flexibility index (Phi) is 9.56. The number of aromatic hydroxyl groups is 1. The molecule has 37 heavy (non-hydrogen) atoms. The molecule has 0 aliphatic carbocycles. The van der Waals surface area contributed by atoms with E-state index in [1.54, 1.807) is 18.2 Å². The van der Waals surface area contributed by atoms with E-state index in [1.165, 1.54) is 27.8 Å².